The number of amides is 1. The van der Waals surface area contributed by atoms with Gasteiger partial charge in [0.25, 0.3) is 0 Å². The number of rotatable bonds is 5. The second-order valence-electron chi connectivity index (χ2n) is 5.03. The molecule has 1 aromatic rings. The van der Waals surface area contributed by atoms with Crippen LogP contribution in [-0.4, -0.2) is 34.1 Å². The molecule has 0 aromatic carbocycles. The van der Waals surface area contributed by atoms with Gasteiger partial charge in [-0.15, -0.1) is 0 Å². The first kappa shape index (κ1) is 14.5. The summed E-state index contributed by atoms with van der Waals surface area (Å²) in [7, 11) is 0. The van der Waals surface area contributed by atoms with Crippen molar-refractivity contribution in [2.24, 2.45) is 0 Å². The van der Waals surface area contributed by atoms with Crippen LogP contribution in [0.15, 0.2) is 18.3 Å². The van der Waals surface area contributed by atoms with E-state index < -0.39 is 11.5 Å². The largest absolute Gasteiger partial charge is 0.481 e. The molecule has 3 N–H and O–H groups in total. The van der Waals surface area contributed by atoms with Crippen molar-refractivity contribution in [1.82, 2.24) is 10.3 Å². The minimum absolute atomic E-state index is 0.0507. The highest BCUT2D eigenvalue weighted by Crippen LogP contribution is 2.24. The lowest BCUT2D eigenvalue weighted by Crippen LogP contribution is -2.50. The first-order valence-electron chi connectivity index (χ1n) is 6.79. The highest BCUT2D eigenvalue weighted by molar-refractivity contribution is 5.98. The molecule has 1 unspecified atom stereocenters. The zero-order valence-electron chi connectivity index (χ0n) is 11.5. The Kier molecular flexibility index (Phi) is 4.34. The van der Waals surface area contributed by atoms with Gasteiger partial charge in [0.2, 0.25) is 5.91 Å². The van der Waals surface area contributed by atoms with Crippen molar-refractivity contribution < 1.29 is 14.7 Å². The summed E-state index contributed by atoms with van der Waals surface area (Å²) >= 11 is 0. The van der Waals surface area contributed by atoms with E-state index in [0.29, 0.717) is 11.4 Å². The number of pyridine rings is 1. The van der Waals surface area contributed by atoms with E-state index in [4.69, 9.17) is 5.11 Å². The highest BCUT2D eigenvalue weighted by atomic mass is 16.4. The average Bonchev–Trinajstić information content (AvgIpc) is 2.90. The molecule has 20 heavy (non-hydrogen) atoms. The molecule has 1 atom stereocenters. The number of hydrogen-bond donors (Lipinski definition) is 3. The van der Waals surface area contributed by atoms with Crippen molar-refractivity contribution in [3.05, 3.63) is 24.0 Å². The molecule has 1 fully saturated rings. The Morgan fingerprint density at radius 3 is 2.80 bits per heavy atom. The van der Waals surface area contributed by atoms with E-state index in [0.717, 1.165) is 25.8 Å². The first-order valence-corrected chi connectivity index (χ1v) is 6.79. The number of carbonyl (C=O) groups excluding carboxylic acids is 1. The predicted octanol–water partition coefficient (Wildman–Crippen LogP) is 1.18. The van der Waals surface area contributed by atoms with E-state index in [1.54, 1.807) is 12.1 Å². The summed E-state index contributed by atoms with van der Waals surface area (Å²) in [6.07, 6.45) is 3.95. The minimum Gasteiger partial charge on any atom is -0.481 e. The van der Waals surface area contributed by atoms with Crippen LogP contribution in [0.2, 0.25) is 0 Å². The predicted molar refractivity (Wildman–Crippen MR) is 74.5 cm³/mol. The van der Waals surface area contributed by atoms with Crippen LogP contribution < -0.4 is 10.6 Å². The van der Waals surface area contributed by atoms with Crippen molar-refractivity contribution >= 4 is 17.6 Å². The van der Waals surface area contributed by atoms with Gasteiger partial charge in [0.15, 0.2) is 0 Å². The summed E-state index contributed by atoms with van der Waals surface area (Å²) < 4.78 is 0. The van der Waals surface area contributed by atoms with E-state index in [9.17, 15) is 9.59 Å². The third-order valence-corrected chi connectivity index (χ3v) is 3.70. The van der Waals surface area contributed by atoms with Crippen molar-refractivity contribution in [2.75, 3.05) is 11.9 Å². The van der Waals surface area contributed by atoms with Gasteiger partial charge in [-0.3, -0.25) is 14.6 Å². The van der Waals surface area contributed by atoms with Gasteiger partial charge < -0.3 is 15.7 Å². The van der Waals surface area contributed by atoms with Gasteiger partial charge in [0, 0.05) is 0 Å². The Labute approximate surface area is 117 Å². The molecule has 2 heterocycles. The van der Waals surface area contributed by atoms with Crippen molar-refractivity contribution in [2.45, 2.75) is 38.1 Å². The molecule has 6 nitrogen and oxygen atoms in total. The van der Waals surface area contributed by atoms with E-state index in [-0.39, 0.29) is 12.3 Å². The van der Waals surface area contributed by atoms with E-state index in [1.165, 1.54) is 6.20 Å². The molecule has 0 bridgehead atoms. The van der Waals surface area contributed by atoms with Crippen LogP contribution in [0.4, 0.5) is 5.69 Å². The SMILES string of the molecule is CCC1(C(=O)Nc2ccc(CC(=O)O)nc2)CCCN1. The number of hydrogen-bond acceptors (Lipinski definition) is 4. The van der Waals surface area contributed by atoms with Crippen molar-refractivity contribution in [3.8, 4) is 0 Å². The normalized spacial score (nSPS) is 21.6. The number of carboxylic acids is 1. The Bertz CT molecular complexity index is 493. The molecule has 6 heteroatoms. The first-order chi connectivity index (χ1) is 9.55. The van der Waals surface area contributed by atoms with Crippen LogP contribution >= 0.6 is 0 Å². The maximum Gasteiger partial charge on any atom is 0.309 e. The lowest BCUT2D eigenvalue weighted by Gasteiger charge is -2.26. The van der Waals surface area contributed by atoms with Crippen molar-refractivity contribution in [3.63, 3.8) is 0 Å². The van der Waals surface area contributed by atoms with E-state index in [1.807, 2.05) is 6.92 Å². The third-order valence-electron chi connectivity index (χ3n) is 3.70. The van der Waals surface area contributed by atoms with Gasteiger partial charge in [-0.1, -0.05) is 6.92 Å². The Hall–Kier alpha value is -1.95. The average molecular weight is 277 g/mol. The van der Waals surface area contributed by atoms with Gasteiger partial charge in [-0.05, 0) is 37.9 Å². The summed E-state index contributed by atoms with van der Waals surface area (Å²) in [5, 5.41) is 14.8. The number of nitrogens with one attached hydrogen (secondary N) is 2. The van der Waals surface area contributed by atoms with Gasteiger partial charge in [-0.25, -0.2) is 0 Å². The molecular weight excluding hydrogens is 258 g/mol. The topological polar surface area (TPSA) is 91.3 Å². The smallest absolute Gasteiger partial charge is 0.309 e. The molecule has 0 saturated carbocycles. The zero-order valence-corrected chi connectivity index (χ0v) is 11.5. The lowest BCUT2D eigenvalue weighted by molar-refractivity contribution is -0.136. The monoisotopic (exact) mass is 277 g/mol. The fraction of sp³-hybridized carbons (Fsp3) is 0.500. The number of aliphatic carboxylic acids is 1. The zero-order chi connectivity index (χ0) is 14.6. The Morgan fingerprint density at radius 2 is 2.30 bits per heavy atom. The van der Waals surface area contributed by atoms with Gasteiger partial charge in [0.1, 0.15) is 0 Å². The highest BCUT2D eigenvalue weighted by Gasteiger charge is 2.39. The third kappa shape index (κ3) is 3.14. The number of aromatic nitrogens is 1. The number of carbonyl (C=O) groups is 2. The van der Waals surface area contributed by atoms with Gasteiger partial charge in [-0.2, -0.15) is 0 Å². The molecule has 108 valence electrons. The second kappa shape index (κ2) is 6.00. The van der Waals surface area contributed by atoms with Crippen molar-refractivity contribution in [1.29, 1.82) is 0 Å². The van der Waals surface area contributed by atoms with E-state index in [2.05, 4.69) is 15.6 Å². The van der Waals surface area contributed by atoms with Gasteiger partial charge >= 0.3 is 5.97 Å². The number of nitrogens with zero attached hydrogens (tertiary/aromatic N) is 1. The standard InChI is InChI=1S/C14H19N3O3/c1-2-14(6-3-7-16-14)13(20)17-11-5-4-10(15-9-11)8-12(18)19/h4-5,9,16H,2-3,6-8H2,1H3,(H,17,20)(H,18,19). The second-order valence-corrected chi connectivity index (χ2v) is 5.03. The molecule has 1 aliphatic rings. The van der Waals surface area contributed by atoms with Gasteiger partial charge in [0.05, 0.1) is 29.5 Å². The molecule has 0 spiro atoms. The summed E-state index contributed by atoms with van der Waals surface area (Å²) in [4.78, 5) is 26.9. The Morgan fingerprint density at radius 1 is 1.50 bits per heavy atom. The fourth-order valence-corrected chi connectivity index (χ4v) is 2.47. The number of carboxylic acid groups (broad SMARTS) is 1. The van der Waals surface area contributed by atoms with Crippen LogP contribution in [0.5, 0.6) is 0 Å². The molecule has 2 rings (SSSR count). The Balaban J connectivity index is 2.02. The minimum atomic E-state index is -0.922. The molecular formula is C14H19N3O3. The molecule has 0 aliphatic carbocycles. The van der Waals surface area contributed by atoms with Crippen LogP contribution in [0.25, 0.3) is 0 Å². The summed E-state index contributed by atoms with van der Waals surface area (Å²) in [5.74, 6) is -0.973. The number of anilines is 1. The lowest BCUT2D eigenvalue weighted by atomic mass is 9.93. The van der Waals surface area contributed by atoms with Crippen LogP contribution in [0.3, 0.4) is 0 Å². The summed E-state index contributed by atoms with van der Waals surface area (Å²) in [5.41, 5.74) is 0.574. The van der Waals surface area contributed by atoms with Crippen LogP contribution in [0.1, 0.15) is 31.9 Å². The van der Waals surface area contributed by atoms with Crippen LogP contribution in [0, 0.1) is 0 Å². The summed E-state index contributed by atoms with van der Waals surface area (Å²) in [6.45, 7) is 2.85. The molecule has 1 aliphatic heterocycles. The maximum atomic E-state index is 12.3. The summed E-state index contributed by atoms with van der Waals surface area (Å²) in [6, 6.07) is 3.30. The molecule has 1 amide bonds. The van der Waals surface area contributed by atoms with E-state index >= 15 is 0 Å². The maximum absolute atomic E-state index is 12.3. The molecule has 0 radical (unpaired) electrons. The van der Waals surface area contributed by atoms with Crippen LogP contribution in [-0.2, 0) is 16.0 Å². The quantitative estimate of drug-likeness (QED) is 0.751. The fourth-order valence-electron chi connectivity index (χ4n) is 2.47. The molecule has 1 saturated heterocycles. The molecule has 1 aromatic heterocycles.